The van der Waals surface area contributed by atoms with Gasteiger partial charge in [-0.15, -0.1) is 0 Å². The second kappa shape index (κ2) is 39.6. The zero-order chi connectivity index (χ0) is 74.2. The van der Waals surface area contributed by atoms with Crippen molar-refractivity contribution in [2.24, 2.45) is 0 Å². The molecule has 6 saturated heterocycles. The van der Waals surface area contributed by atoms with Crippen LogP contribution in [0.4, 0.5) is 0 Å². The number of hydrogen-bond donors (Lipinski definition) is 0. The molecular formula is C78H96N12O18. The topological polar surface area (TPSA) is 310 Å². The highest BCUT2D eigenvalue weighted by Gasteiger charge is 2.62. The molecule has 30 nitrogen and oxygen atoms in total. The lowest BCUT2D eigenvalue weighted by Crippen LogP contribution is -2.69. The predicted octanol–water partition coefficient (Wildman–Crippen LogP) is 2.97. The van der Waals surface area contributed by atoms with Gasteiger partial charge in [0.2, 0.25) is 0 Å². The summed E-state index contributed by atoms with van der Waals surface area (Å²) < 4.78 is 73.1. The third kappa shape index (κ3) is 22.2. The van der Waals surface area contributed by atoms with Crippen molar-refractivity contribution in [2.75, 3.05) is 197 Å². The molecule has 6 aliphatic heterocycles. The van der Waals surface area contributed by atoms with E-state index in [9.17, 15) is 0 Å². The van der Waals surface area contributed by atoms with Gasteiger partial charge >= 0.3 is 35.8 Å². The maximum Gasteiger partial charge on any atom is 0.340 e. The van der Waals surface area contributed by atoms with Gasteiger partial charge in [0.15, 0.2) is 36.6 Å². The van der Waals surface area contributed by atoms with Crippen LogP contribution in [0.3, 0.4) is 0 Å². The van der Waals surface area contributed by atoms with E-state index in [0.29, 0.717) is 191 Å². The molecule has 6 aromatic heterocycles. The highest BCUT2D eigenvalue weighted by molar-refractivity contribution is 5.93. The van der Waals surface area contributed by atoms with Gasteiger partial charge in [0.25, 0.3) is 0 Å². The summed E-state index contributed by atoms with van der Waals surface area (Å²) >= 11 is 0. The molecule has 7 aliphatic rings. The van der Waals surface area contributed by atoms with E-state index < -0.39 is 72.4 Å². The van der Waals surface area contributed by atoms with Gasteiger partial charge in [-0.2, -0.15) is 0 Å². The van der Waals surface area contributed by atoms with E-state index in [2.05, 4.69) is 59.3 Å². The van der Waals surface area contributed by atoms with Gasteiger partial charge in [-0.25, -0.2) is 28.8 Å². The van der Waals surface area contributed by atoms with Gasteiger partial charge in [0.05, 0.1) is 113 Å². The summed E-state index contributed by atoms with van der Waals surface area (Å²) in [7, 11) is 0. The smallest absolute Gasteiger partial charge is 0.340 e. The molecule has 0 bridgehead atoms. The Labute approximate surface area is 627 Å². The van der Waals surface area contributed by atoms with Gasteiger partial charge < -0.3 is 56.8 Å². The van der Waals surface area contributed by atoms with Gasteiger partial charge in [-0.05, 0) is 72.8 Å². The average Bonchev–Trinajstić information content (AvgIpc) is 0.748. The second-order valence-electron chi connectivity index (χ2n) is 27.7. The van der Waals surface area contributed by atoms with Crippen LogP contribution in [0.25, 0.3) is 0 Å². The van der Waals surface area contributed by atoms with Crippen LogP contribution in [-0.4, -0.2) is 329 Å². The Morgan fingerprint density at radius 3 is 0.500 bits per heavy atom. The number of ether oxygens (including phenoxy) is 12. The lowest BCUT2D eigenvalue weighted by molar-refractivity contribution is -0.223. The summed E-state index contributed by atoms with van der Waals surface area (Å²) in [6.45, 7) is 20.4. The summed E-state index contributed by atoms with van der Waals surface area (Å²) in [5.74, 6) is -6.47. The minimum Gasteiger partial charge on any atom is -0.450 e. The molecule has 1 saturated carbocycles. The summed E-state index contributed by atoms with van der Waals surface area (Å²) in [6.07, 6.45) is -1.42. The van der Waals surface area contributed by atoms with Crippen LogP contribution in [0, 0.1) is 0 Å². The Balaban J connectivity index is 0.902. The largest absolute Gasteiger partial charge is 0.450 e. The van der Waals surface area contributed by atoms with Crippen molar-refractivity contribution in [3.8, 4) is 0 Å². The summed E-state index contributed by atoms with van der Waals surface area (Å²) in [5, 5.41) is 0. The van der Waals surface area contributed by atoms with E-state index >= 15 is 28.8 Å². The van der Waals surface area contributed by atoms with Crippen LogP contribution in [0.2, 0.25) is 0 Å². The second-order valence-corrected chi connectivity index (χ2v) is 27.7. The molecule has 0 atom stereocenters. The number of aromatic nitrogens is 6. The molecule has 6 aromatic rings. The average molecular weight is 1490 g/mol. The maximum absolute atomic E-state index is 15.4. The van der Waals surface area contributed by atoms with Crippen LogP contribution in [0.1, 0.15) is 96.3 Å². The monoisotopic (exact) mass is 1490 g/mol. The standard InChI is InChI=1S/C78H96N12O18/c91-73(55-1-7-61(79-49-55)13-19-85-25-37-97-38-26-85)103-67-68(104-74(92)56-2-8-62(80-50-56)14-20-86-27-39-98-40-28-86)70(106-76(94)58-4-10-64(82-52-58)16-22-88-31-43-100-44-32-88)72(108-78(96)60-6-12-66(84-54-60)18-24-90-35-47-102-48-36-90)71(107-77(95)59-5-11-65(83-53-59)17-23-89-33-45-101-46-34-89)69(67)105-75(93)57-3-9-63(81-51-57)15-21-87-29-41-99-42-30-87/h1-12,49-54,67-72H,13-48H2/t67-,68-,69-,70+,71-,72-. The molecule has 108 heavy (non-hydrogen) atoms. The van der Waals surface area contributed by atoms with Crippen molar-refractivity contribution in [2.45, 2.75) is 75.1 Å². The molecule has 0 amide bonds. The molecule has 0 N–H and O–H groups in total. The third-order valence-corrected chi connectivity index (χ3v) is 20.5. The molecular weight excluding hydrogens is 1390 g/mol. The van der Waals surface area contributed by atoms with E-state index in [1.165, 1.54) is 73.6 Å². The van der Waals surface area contributed by atoms with Crippen molar-refractivity contribution in [3.05, 3.63) is 178 Å². The Morgan fingerprint density at radius 2 is 0.380 bits per heavy atom. The zero-order valence-electron chi connectivity index (χ0n) is 61.0. The van der Waals surface area contributed by atoms with E-state index in [0.717, 1.165) is 78.5 Å². The Morgan fingerprint density at radius 1 is 0.241 bits per heavy atom. The number of hydrogen-bond acceptors (Lipinski definition) is 30. The lowest BCUT2D eigenvalue weighted by atomic mass is 9.83. The SMILES string of the molecule is O=C(O[C@H]1[C@H](OC(=O)c2ccc(CCN3CCOCC3)nc2)[C@@H](OC(=O)c2ccc(CCN3CCOCC3)nc2)[C@H](OC(=O)c2ccc(CCN3CCOCC3)nc2)[C@@H](OC(=O)c2ccc(CCN3CCOCC3)nc2)[C@H]1OC(=O)c1ccc(CCN2CCOCC2)nc1)c1ccc(CCN2CCOCC2)nc1. The van der Waals surface area contributed by atoms with Crippen molar-refractivity contribution in [3.63, 3.8) is 0 Å². The molecule has 576 valence electrons. The molecule has 0 radical (unpaired) electrons. The van der Waals surface area contributed by atoms with Gasteiger partial charge in [-0.3, -0.25) is 59.3 Å². The van der Waals surface area contributed by atoms with E-state index in [-0.39, 0.29) is 33.4 Å². The Bertz CT molecular complexity index is 3190. The fourth-order valence-electron chi connectivity index (χ4n) is 13.8. The Kier molecular flexibility index (Phi) is 28.3. The van der Waals surface area contributed by atoms with E-state index in [4.69, 9.17) is 56.8 Å². The number of carbonyl (C=O) groups is 6. The van der Waals surface area contributed by atoms with E-state index in [1.54, 1.807) is 36.4 Å². The van der Waals surface area contributed by atoms with Crippen LogP contribution in [-0.2, 0) is 95.4 Å². The predicted molar refractivity (Wildman–Crippen MR) is 386 cm³/mol. The third-order valence-electron chi connectivity index (χ3n) is 20.5. The zero-order valence-corrected chi connectivity index (χ0v) is 61.0. The van der Waals surface area contributed by atoms with Gasteiger partial charge in [-0.1, -0.05) is 0 Å². The molecule has 7 fully saturated rings. The summed E-state index contributed by atoms with van der Waals surface area (Å²) in [4.78, 5) is 134. The number of nitrogens with zero attached hydrogens (tertiary/aromatic N) is 12. The van der Waals surface area contributed by atoms with Crippen LogP contribution >= 0.6 is 0 Å². The molecule has 30 heteroatoms. The van der Waals surface area contributed by atoms with Crippen LogP contribution < -0.4 is 0 Å². The number of morpholine rings is 6. The number of esters is 6. The van der Waals surface area contributed by atoms with Crippen LogP contribution in [0.15, 0.2) is 110 Å². The van der Waals surface area contributed by atoms with Gasteiger partial charge in [0.1, 0.15) is 0 Å². The van der Waals surface area contributed by atoms with Crippen molar-refractivity contribution in [1.82, 2.24) is 59.3 Å². The normalized spacial score (nSPS) is 22.3. The van der Waals surface area contributed by atoms with Gasteiger partial charge in [0, 0.05) is 228 Å². The number of pyridine rings is 6. The summed E-state index contributed by atoms with van der Waals surface area (Å²) in [5.41, 5.74) is 3.43. The Hall–Kier alpha value is -8.76. The molecule has 0 spiro atoms. The van der Waals surface area contributed by atoms with Crippen molar-refractivity contribution in [1.29, 1.82) is 0 Å². The molecule has 0 aromatic carbocycles. The molecule has 1 aliphatic carbocycles. The summed E-state index contributed by atoms with van der Waals surface area (Å²) in [6, 6.07) is 19.2. The van der Waals surface area contributed by atoms with Crippen LogP contribution in [0.5, 0.6) is 0 Å². The first-order valence-corrected chi connectivity index (χ1v) is 37.7. The molecule has 13 rings (SSSR count). The first-order chi connectivity index (χ1) is 53.0. The number of rotatable bonds is 30. The fourth-order valence-corrected chi connectivity index (χ4v) is 13.8. The first-order valence-electron chi connectivity index (χ1n) is 37.7. The fraction of sp³-hybridized carbons (Fsp3) is 0.538. The first kappa shape index (κ1) is 77.4. The highest BCUT2D eigenvalue weighted by Crippen LogP contribution is 2.37. The van der Waals surface area contributed by atoms with Crippen molar-refractivity contribution >= 4 is 35.8 Å². The molecule has 12 heterocycles. The maximum atomic E-state index is 15.4. The highest BCUT2D eigenvalue weighted by atomic mass is 16.7. The lowest BCUT2D eigenvalue weighted by Gasteiger charge is -2.47. The molecule has 0 unspecified atom stereocenters. The van der Waals surface area contributed by atoms with E-state index in [1.807, 2.05) is 0 Å². The minimum atomic E-state index is -2.10. The number of carbonyl (C=O) groups excluding carboxylic acids is 6. The minimum absolute atomic E-state index is 0.0925. The quantitative estimate of drug-likeness (QED) is 0.0462. The van der Waals surface area contributed by atoms with Crippen molar-refractivity contribution < 1.29 is 85.6 Å².